The van der Waals surface area contributed by atoms with E-state index in [1.54, 1.807) is 10.9 Å². The third kappa shape index (κ3) is 3.99. The molecule has 0 saturated carbocycles. The lowest BCUT2D eigenvalue weighted by Gasteiger charge is -2.36. The Morgan fingerprint density at radius 2 is 2.14 bits per heavy atom. The molecule has 3 rings (SSSR count). The third-order valence-electron chi connectivity index (χ3n) is 3.86. The van der Waals surface area contributed by atoms with Crippen LogP contribution in [0.1, 0.15) is 6.92 Å². The molecule has 0 aromatic carbocycles. The standard InChI is InChI=1S/C14H23N5OS/c1-12-9-15-14(21-12)18-7-5-17(6-8-18)10-13(20)11-19-4-2-3-16-19/h2-4,12-13,20H,5-11H2,1H3. The lowest BCUT2D eigenvalue weighted by molar-refractivity contribution is 0.0769. The zero-order valence-corrected chi connectivity index (χ0v) is 13.2. The van der Waals surface area contributed by atoms with Crippen molar-refractivity contribution >= 4 is 16.9 Å². The summed E-state index contributed by atoms with van der Waals surface area (Å²) in [6.45, 7) is 8.44. The van der Waals surface area contributed by atoms with Gasteiger partial charge in [0.15, 0.2) is 5.17 Å². The maximum Gasteiger partial charge on any atom is 0.159 e. The molecule has 116 valence electrons. The fourth-order valence-corrected chi connectivity index (χ4v) is 3.73. The molecule has 1 aromatic heterocycles. The van der Waals surface area contributed by atoms with E-state index in [-0.39, 0.29) is 6.10 Å². The van der Waals surface area contributed by atoms with Gasteiger partial charge in [0, 0.05) is 50.4 Å². The second-order valence-corrected chi connectivity index (χ2v) is 7.13. The van der Waals surface area contributed by atoms with Gasteiger partial charge in [0.1, 0.15) is 0 Å². The average Bonchev–Trinajstić information content (AvgIpc) is 3.11. The smallest absolute Gasteiger partial charge is 0.159 e. The maximum absolute atomic E-state index is 10.1. The number of aliphatic imine (C=N–C) groups is 1. The number of aromatic nitrogens is 2. The molecule has 1 fully saturated rings. The van der Waals surface area contributed by atoms with Crippen LogP contribution in [0.2, 0.25) is 0 Å². The first kappa shape index (κ1) is 14.9. The molecule has 7 heteroatoms. The van der Waals surface area contributed by atoms with Gasteiger partial charge in [-0.05, 0) is 6.07 Å². The topological polar surface area (TPSA) is 56.9 Å². The summed E-state index contributed by atoms with van der Waals surface area (Å²) >= 11 is 1.89. The highest BCUT2D eigenvalue weighted by Gasteiger charge is 2.25. The average molecular weight is 309 g/mol. The fourth-order valence-electron chi connectivity index (χ4n) is 2.74. The first-order valence-corrected chi connectivity index (χ1v) is 8.42. The van der Waals surface area contributed by atoms with Crippen molar-refractivity contribution in [1.29, 1.82) is 0 Å². The van der Waals surface area contributed by atoms with E-state index in [4.69, 9.17) is 0 Å². The van der Waals surface area contributed by atoms with Crippen LogP contribution in [-0.4, -0.2) is 80.5 Å². The van der Waals surface area contributed by atoms with Gasteiger partial charge in [-0.3, -0.25) is 14.6 Å². The zero-order valence-electron chi connectivity index (χ0n) is 12.4. The summed E-state index contributed by atoms with van der Waals surface area (Å²) in [5.41, 5.74) is 0. The minimum Gasteiger partial charge on any atom is -0.390 e. The third-order valence-corrected chi connectivity index (χ3v) is 5.01. The van der Waals surface area contributed by atoms with Crippen molar-refractivity contribution in [3.05, 3.63) is 18.5 Å². The van der Waals surface area contributed by atoms with E-state index in [0.29, 0.717) is 18.3 Å². The van der Waals surface area contributed by atoms with Crippen LogP contribution in [0.3, 0.4) is 0 Å². The van der Waals surface area contributed by atoms with Crippen LogP contribution >= 0.6 is 11.8 Å². The molecule has 6 nitrogen and oxygen atoms in total. The molecule has 0 aliphatic carbocycles. The summed E-state index contributed by atoms with van der Waals surface area (Å²) in [7, 11) is 0. The van der Waals surface area contributed by atoms with Crippen LogP contribution in [0, 0.1) is 0 Å². The van der Waals surface area contributed by atoms with Gasteiger partial charge in [0.05, 0.1) is 19.2 Å². The van der Waals surface area contributed by atoms with Gasteiger partial charge in [-0.1, -0.05) is 18.7 Å². The van der Waals surface area contributed by atoms with Gasteiger partial charge in [0.25, 0.3) is 0 Å². The lowest BCUT2D eigenvalue weighted by atomic mass is 10.2. The quantitative estimate of drug-likeness (QED) is 0.870. The van der Waals surface area contributed by atoms with E-state index in [1.165, 1.54) is 5.17 Å². The molecular formula is C14H23N5OS. The number of amidine groups is 1. The zero-order chi connectivity index (χ0) is 14.7. The number of nitrogens with zero attached hydrogens (tertiary/aromatic N) is 5. The van der Waals surface area contributed by atoms with Crippen molar-refractivity contribution < 1.29 is 5.11 Å². The molecule has 21 heavy (non-hydrogen) atoms. The maximum atomic E-state index is 10.1. The number of hydrogen-bond donors (Lipinski definition) is 1. The molecule has 0 radical (unpaired) electrons. The van der Waals surface area contributed by atoms with E-state index in [9.17, 15) is 5.11 Å². The molecule has 2 aliphatic heterocycles. The summed E-state index contributed by atoms with van der Waals surface area (Å²) in [5.74, 6) is 0. The molecule has 0 amide bonds. The van der Waals surface area contributed by atoms with E-state index < -0.39 is 0 Å². The molecule has 0 bridgehead atoms. The number of hydrogen-bond acceptors (Lipinski definition) is 6. The summed E-state index contributed by atoms with van der Waals surface area (Å²) in [6.07, 6.45) is 3.26. The Morgan fingerprint density at radius 1 is 1.33 bits per heavy atom. The van der Waals surface area contributed by atoms with E-state index >= 15 is 0 Å². The van der Waals surface area contributed by atoms with Crippen LogP contribution in [0.15, 0.2) is 23.5 Å². The van der Waals surface area contributed by atoms with Crippen LogP contribution in [0.5, 0.6) is 0 Å². The summed E-state index contributed by atoms with van der Waals surface area (Å²) in [5, 5.41) is 16.1. The molecule has 1 N–H and O–H groups in total. The van der Waals surface area contributed by atoms with Gasteiger partial charge < -0.3 is 10.0 Å². The summed E-state index contributed by atoms with van der Waals surface area (Å²) in [6, 6.07) is 1.88. The first-order valence-electron chi connectivity index (χ1n) is 7.54. The highest BCUT2D eigenvalue weighted by Crippen LogP contribution is 2.23. The van der Waals surface area contributed by atoms with Crippen LogP contribution in [0.4, 0.5) is 0 Å². The number of rotatable bonds is 4. The van der Waals surface area contributed by atoms with Gasteiger partial charge in [-0.25, -0.2) is 0 Å². The number of thioether (sulfide) groups is 1. The van der Waals surface area contributed by atoms with Crippen molar-refractivity contribution in [1.82, 2.24) is 19.6 Å². The Labute approximate surface area is 129 Å². The van der Waals surface area contributed by atoms with E-state index in [1.807, 2.05) is 24.0 Å². The van der Waals surface area contributed by atoms with E-state index in [0.717, 1.165) is 32.7 Å². The summed E-state index contributed by atoms with van der Waals surface area (Å²) in [4.78, 5) is 9.31. The lowest BCUT2D eigenvalue weighted by Crippen LogP contribution is -2.50. The fraction of sp³-hybridized carbons (Fsp3) is 0.714. The van der Waals surface area contributed by atoms with Gasteiger partial charge in [-0.15, -0.1) is 0 Å². The van der Waals surface area contributed by atoms with Crippen LogP contribution < -0.4 is 0 Å². The molecular weight excluding hydrogens is 286 g/mol. The monoisotopic (exact) mass is 309 g/mol. The Bertz CT molecular complexity index is 470. The SMILES string of the molecule is CC1CN=C(N2CCN(CC(O)Cn3cccn3)CC2)S1. The second kappa shape index (κ2) is 6.81. The number of aliphatic hydroxyl groups excluding tert-OH is 1. The highest BCUT2D eigenvalue weighted by molar-refractivity contribution is 8.14. The largest absolute Gasteiger partial charge is 0.390 e. The van der Waals surface area contributed by atoms with E-state index in [2.05, 4.69) is 26.8 Å². The predicted octanol–water partition coefficient (Wildman–Crippen LogP) is 0.353. The molecule has 2 aliphatic rings. The number of β-amino-alcohol motifs (C(OH)–C–C–N with tert-alkyl or cyclic N) is 1. The van der Waals surface area contributed by atoms with Crippen LogP contribution in [0.25, 0.3) is 0 Å². The highest BCUT2D eigenvalue weighted by atomic mass is 32.2. The second-order valence-electron chi connectivity index (χ2n) is 5.72. The van der Waals surface area contributed by atoms with Crippen molar-refractivity contribution in [2.24, 2.45) is 4.99 Å². The molecule has 0 spiro atoms. The predicted molar refractivity (Wildman–Crippen MR) is 85.6 cm³/mol. The normalized spacial score (nSPS) is 25.1. The van der Waals surface area contributed by atoms with Gasteiger partial charge >= 0.3 is 0 Å². The first-order chi connectivity index (χ1) is 10.2. The Kier molecular flexibility index (Phi) is 4.82. The Hall–Kier alpha value is -1.05. The minimum absolute atomic E-state index is 0.366. The summed E-state index contributed by atoms with van der Waals surface area (Å²) < 4.78 is 1.78. The van der Waals surface area contributed by atoms with Crippen molar-refractivity contribution in [2.75, 3.05) is 39.3 Å². The molecule has 2 unspecified atom stereocenters. The molecule has 1 saturated heterocycles. The Morgan fingerprint density at radius 3 is 2.76 bits per heavy atom. The van der Waals surface area contributed by atoms with Crippen molar-refractivity contribution in [3.63, 3.8) is 0 Å². The van der Waals surface area contributed by atoms with Gasteiger partial charge in [-0.2, -0.15) is 5.10 Å². The van der Waals surface area contributed by atoms with Crippen molar-refractivity contribution in [3.8, 4) is 0 Å². The molecule has 3 heterocycles. The Balaban J connectivity index is 1.41. The minimum atomic E-state index is -0.366. The number of piperazine rings is 1. The molecule has 1 aromatic rings. The molecule has 2 atom stereocenters. The van der Waals surface area contributed by atoms with Crippen molar-refractivity contribution in [2.45, 2.75) is 24.8 Å². The number of aliphatic hydroxyl groups is 1. The van der Waals surface area contributed by atoms with Gasteiger partial charge in [0.2, 0.25) is 0 Å². The van der Waals surface area contributed by atoms with Crippen LogP contribution in [-0.2, 0) is 6.54 Å².